The number of piperazine rings is 1. The molecule has 5 heterocycles. The van der Waals surface area contributed by atoms with Gasteiger partial charge in [-0.2, -0.15) is 18.7 Å². The van der Waals surface area contributed by atoms with E-state index in [0.717, 1.165) is 44.8 Å². The lowest BCUT2D eigenvalue weighted by Crippen LogP contribution is -2.50. The van der Waals surface area contributed by atoms with Crippen molar-refractivity contribution in [2.24, 2.45) is 0 Å². The van der Waals surface area contributed by atoms with E-state index in [0.29, 0.717) is 30.9 Å². The molecule has 1 unspecified atom stereocenters. The van der Waals surface area contributed by atoms with Gasteiger partial charge in [0.05, 0.1) is 16.5 Å². The maximum absolute atomic E-state index is 16.7. The van der Waals surface area contributed by atoms with E-state index in [1.54, 1.807) is 4.90 Å². The largest absolute Gasteiger partial charge is 0.508 e. The second-order valence-corrected chi connectivity index (χ2v) is 11.8. The topological polar surface area (TPSA) is 86.6 Å². The summed E-state index contributed by atoms with van der Waals surface area (Å²) >= 11 is 0. The predicted octanol–water partition coefficient (Wildman–Crippen LogP) is 6.40. The summed E-state index contributed by atoms with van der Waals surface area (Å²) in [7, 11) is 0. The number of phenolic OH excluding ortho intramolecular Hbond substituents is 1. The SMILES string of the molecule is C#Cc1c(F)ccc2cc(O)cc(-c3ncc4c(N5CCNC(C=C(F)F)C5)nc(OCC56CCCN5CCC6)nc4c3F)c12.CC. The minimum absolute atomic E-state index is 0.0416. The molecule has 0 aliphatic carbocycles. The fraction of sp³-hybridized carbons (Fsp3) is 0.400. The van der Waals surface area contributed by atoms with Crippen molar-refractivity contribution in [2.45, 2.75) is 51.1 Å². The zero-order valence-corrected chi connectivity index (χ0v) is 26.3. The van der Waals surface area contributed by atoms with Gasteiger partial charge in [-0.15, -0.1) is 6.42 Å². The van der Waals surface area contributed by atoms with Gasteiger partial charge in [-0.25, -0.2) is 8.78 Å². The molecule has 0 radical (unpaired) electrons. The van der Waals surface area contributed by atoms with Crippen LogP contribution < -0.4 is 15.0 Å². The normalized spacial score (nSPS) is 18.8. The van der Waals surface area contributed by atoms with Crippen molar-refractivity contribution < 1.29 is 27.4 Å². The molecule has 3 aliphatic rings. The highest BCUT2D eigenvalue weighted by Gasteiger charge is 2.45. The highest BCUT2D eigenvalue weighted by atomic mass is 19.3. The number of aromatic hydroxyl groups is 1. The standard InChI is InChI=1S/C33H30F4N6O2.C2H6/c1-2-22-25(34)6-5-19-13-21(44)15-23(27(19)22)29-28(37)30-24(16-39-29)31(42-12-9-38-20(17-42)14-26(35)36)41-32(40-30)45-18-33-7-3-10-43(33)11-4-8-33;1-2/h1,5-6,13-16,20,38,44H,3-4,7-12,17-18H2;1-2H3. The first-order valence-corrected chi connectivity index (χ1v) is 15.9. The van der Waals surface area contributed by atoms with E-state index in [1.165, 1.54) is 30.5 Å². The molecule has 8 nitrogen and oxygen atoms in total. The lowest BCUT2D eigenvalue weighted by Gasteiger charge is -2.34. The fourth-order valence-electron chi connectivity index (χ4n) is 7.16. The van der Waals surface area contributed by atoms with E-state index in [1.807, 2.05) is 13.8 Å². The molecule has 4 aromatic rings. The number of pyridine rings is 1. The van der Waals surface area contributed by atoms with E-state index in [-0.39, 0.29) is 57.0 Å². The van der Waals surface area contributed by atoms with E-state index in [9.17, 15) is 18.3 Å². The molecule has 3 saturated heterocycles. The van der Waals surface area contributed by atoms with E-state index in [2.05, 4.69) is 31.1 Å². The Balaban J connectivity index is 0.00000190. The fourth-order valence-corrected chi connectivity index (χ4v) is 7.16. The first-order chi connectivity index (χ1) is 22.8. The third-order valence-electron chi connectivity index (χ3n) is 9.21. The minimum Gasteiger partial charge on any atom is -0.508 e. The maximum atomic E-state index is 16.7. The van der Waals surface area contributed by atoms with Crippen molar-refractivity contribution in [1.82, 2.24) is 25.2 Å². The number of aromatic nitrogens is 3. The summed E-state index contributed by atoms with van der Waals surface area (Å²) < 4.78 is 64.0. The number of terminal acetylenes is 1. The number of fused-ring (bicyclic) bond motifs is 3. The smallest absolute Gasteiger partial charge is 0.319 e. The van der Waals surface area contributed by atoms with Gasteiger partial charge in [0, 0.05) is 42.8 Å². The third-order valence-corrected chi connectivity index (χ3v) is 9.21. The van der Waals surface area contributed by atoms with Gasteiger partial charge in [-0.1, -0.05) is 25.8 Å². The number of hydrogen-bond acceptors (Lipinski definition) is 8. The van der Waals surface area contributed by atoms with Gasteiger partial charge in [0.15, 0.2) is 5.82 Å². The Morgan fingerprint density at radius 2 is 1.91 bits per heavy atom. The molecule has 0 bridgehead atoms. The highest BCUT2D eigenvalue weighted by Crippen LogP contribution is 2.41. The Morgan fingerprint density at radius 1 is 1.15 bits per heavy atom. The average molecular weight is 649 g/mol. The van der Waals surface area contributed by atoms with Crippen molar-refractivity contribution in [3.05, 3.63) is 59.8 Å². The number of anilines is 1. The van der Waals surface area contributed by atoms with Gasteiger partial charge < -0.3 is 20.1 Å². The molecule has 47 heavy (non-hydrogen) atoms. The molecule has 3 aliphatic heterocycles. The Morgan fingerprint density at radius 3 is 2.64 bits per heavy atom. The van der Waals surface area contributed by atoms with Crippen molar-refractivity contribution in [2.75, 3.05) is 44.2 Å². The summed E-state index contributed by atoms with van der Waals surface area (Å²) in [6, 6.07) is 4.63. The Hall–Kier alpha value is -4.47. The molecule has 2 N–H and O–H groups in total. The number of nitrogens with one attached hydrogen (secondary N) is 1. The van der Waals surface area contributed by atoms with Crippen LogP contribution in [0.25, 0.3) is 32.9 Å². The molecule has 3 fully saturated rings. The molecule has 1 atom stereocenters. The summed E-state index contributed by atoms with van der Waals surface area (Å²) in [5, 5.41) is 14.4. The number of halogens is 4. The Kier molecular flexibility index (Phi) is 9.21. The van der Waals surface area contributed by atoms with Crippen LogP contribution >= 0.6 is 0 Å². The van der Waals surface area contributed by atoms with Gasteiger partial charge in [-0.3, -0.25) is 9.88 Å². The number of rotatable bonds is 6. The van der Waals surface area contributed by atoms with Crippen molar-refractivity contribution >= 4 is 27.5 Å². The molecule has 7 rings (SSSR count). The molecular weight excluding hydrogens is 612 g/mol. The highest BCUT2D eigenvalue weighted by molar-refractivity contribution is 6.03. The lowest BCUT2D eigenvalue weighted by molar-refractivity contribution is 0.108. The van der Waals surface area contributed by atoms with Crippen LogP contribution in [0.3, 0.4) is 0 Å². The molecule has 246 valence electrons. The van der Waals surface area contributed by atoms with Gasteiger partial charge in [-0.05, 0) is 68.4 Å². The molecule has 0 spiro atoms. The molecule has 2 aromatic carbocycles. The number of ether oxygens (including phenoxy) is 1. The Bertz CT molecular complexity index is 1880. The van der Waals surface area contributed by atoms with Crippen LogP contribution in [-0.2, 0) is 0 Å². The number of benzene rings is 2. The van der Waals surface area contributed by atoms with Crippen LogP contribution in [0.4, 0.5) is 23.4 Å². The second kappa shape index (κ2) is 13.3. The van der Waals surface area contributed by atoms with E-state index >= 15 is 4.39 Å². The Labute approximate surface area is 270 Å². The number of nitrogens with zero attached hydrogens (tertiary/aromatic N) is 5. The van der Waals surface area contributed by atoms with Crippen molar-refractivity contribution in [3.8, 4) is 35.4 Å². The summed E-state index contributed by atoms with van der Waals surface area (Å²) in [4.78, 5) is 17.8. The first-order valence-electron chi connectivity index (χ1n) is 15.9. The zero-order chi connectivity index (χ0) is 33.3. The van der Waals surface area contributed by atoms with Crippen LogP contribution in [0.5, 0.6) is 11.8 Å². The minimum atomic E-state index is -1.80. The van der Waals surface area contributed by atoms with Crippen molar-refractivity contribution in [1.29, 1.82) is 0 Å². The van der Waals surface area contributed by atoms with Crippen LogP contribution in [0.1, 0.15) is 45.1 Å². The van der Waals surface area contributed by atoms with Crippen LogP contribution in [-0.4, -0.2) is 75.9 Å². The monoisotopic (exact) mass is 648 g/mol. The maximum Gasteiger partial charge on any atom is 0.319 e. The van der Waals surface area contributed by atoms with Gasteiger partial charge >= 0.3 is 6.01 Å². The number of phenols is 1. The van der Waals surface area contributed by atoms with Crippen LogP contribution in [0, 0.1) is 24.0 Å². The van der Waals surface area contributed by atoms with Crippen molar-refractivity contribution in [3.63, 3.8) is 0 Å². The van der Waals surface area contributed by atoms with E-state index < -0.39 is 23.8 Å². The zero-order valence-electron chi connectivity index (χ0n) is 26.3. The average Bonchev–Trinajstić information content (AvgIpc) is 3.65. The summed E-state index contributed by atoms with van der Waals surface area (Å²) in [6.07, 6.45) is 10.2. The summed E-state index contributed by atoms with van der Waals surface area (Å²) in [5.41, 5.74) is -0.423. The molecule has 2 aromatic heterocycles. The second-order valence-electron chi connectivity index (χ2n) is 11.8. The third kappa shape index (κ3) is 6.05. The first kappa shape index (κ1) is 32.5. The summed E-state index contributed by atoms with van der Waals surface area (Å²) in [6.45, 7) is 7.27. The molecule has 0 saturated carbocycles. The quantitative estimate of drug-likeness (QED) is 0.184. The lowest BCUT2D eigenvalue weighted by atomic mass is 9.95. The van der Waals surface area contributed by atoms with Crippen LogP contribution in [0.2, 0.25) is 0 Å². The predicted molar refractivity (Wildman–Crippen MR) is 174 cm³/mol. The summed E-state index contributed by atoms with van der Waals surface area (Å²) in [5.74, 6) is 0.943. The van der Waals surface area contributed by atoms with Gasteiger partial charge in [0.25, 0.3) is 6.08 Å². The van der Waals surface area contributed by atoms with Gasteiger partial charge in [0.2, 0.25) is 0 Å². The number of hydrogen-bond donors (Lipinski definition) is 2. The molecular formula is C35H36F4N6O2. The van der Waals surface area contributed by atoms with Crippen LogP contribution in [0.15, 0.2) is 42.6 Å². The van der Waals surface area contributed by atoms with E-state index in [4.69, 9.17) is 11.2 Å². The van der Waals surface area contributed by atoms with Gasteiger partial charge in [0.1, 0.15) is 35.2 Å². The molecule has 0 amide bonds. The molecule has 12 heteroatoms.